The number of carbonyl (C=O) groups excluding carboxylic acids is 1. The van der Waals surface area contributed by atoms with Gasteiger partial charge in [0.1, 0.15) is 0 Å². The second-order valence-electron chi connectivity index (χ2n) is 10.3. The first-order chi connectivity index (χ1) is 21.0. The Morgan fingerprint density at radius 3 is 2.32 bits per heavy atom. The van der Waals surface area contributed by atoms with Crippen molar-refractivity contribution in [3.8, 4) is 0 Å². The first kappa shape index (κ1) is 31.6. The van der Waals surface area contributed by atoms with Crippen molar-refractivity contribution in [2.24, 2.45) is 0 Å². The highest BCUT2D eigenvalue weighted by molar-refractivity contribution is 7.89. The van der Waals surface area contributed by atoms with E-state index in [1.807, 2.05) is 16.7 Å². The molecule has 2 aliphatic heterocycles. The van der Waals surface area contributed by atoms with Crippen molar-refractivity contribution in [1.29, 1.82) is 0 Å². The van der Waals surface area contributed by atoms with Crippen molar-refractivity contribution in [3.05, 3.63) is 86.9 Å². The van der Waals surface area contributed by atoms with E-state index in [0.717, 1.165) is 5.56 Å². The zero-order valence-electron chi connectivity index (χ0n) is 23.9. The summed E-state index contributed by atoms with van der Waals surface area (Å²) in [4.78, 5) is 28.4. The number of nitrogens with one attached hydrogen (secondary N) is 2. The Morgan fingerprint density at radius 2 is 1.66 bits per heavy atom. The maximum absolute atomic E-state index is 13.4. The van der Waals surface area contributed by atoms with E-state index < -0.39 is 20.9 Å². The number of hydrogen-bond donors (Lipinski definition) is 2. The van der Waals surface area contributed by atoms with Crippen molar-refractivity contribution in [1.82, 2.24) is 9.62 Å². The Bertz CT molecular complexity index is 1670. The minimum absolute atomic E-state index is 0.0291. The van der Waals surface area contributed by atoms with Crippen molar-refractivity contribution >= 4 is 67.6 Å². The number of hydrogen-bond acceptors (Lipinski definition) is 9. The normalized spacial score (nSPS) is 16.0. The summed E-state index contributed by atoms with van der Waals surface area (Å²) in [7, 11) is -3.65. The van der Waals surface area contributed by atoms with Crippen molar-refractivity contribution in [3.63, 3.8) is 0 Å². The number of nitro benzene ring substituents is 1. The third kappa shape index (κ3) is 6.94. The monoisotopic (exact) mass is 658 g/mol. The van der Waals surface area contributed by atoms with Crippen molar-refractivity contribution < 1.29 is 22.9 Å². The Hall–Kier alpha value is -3.82. The molecule has 1 amide bonds. The predicted molar refractivity (Wildman–Crippen MR) is 173 cm³/mol. The molecule has 3 aromatic rings. The van der Waals surface area contributed by atoms with Gasteiger partial charge in [-0.1, -0.05) is 35.4 Å². The number of para-hydroxylation sites is 1. The number of anilines is 3. The molecule has 3 aromatic carbocycles. The van der Waals surface area contributed by atoms with Crippen molar-refractivity contribution in [2.75, 3.05) is 67.6 Å². The largest absolute Gasteiger partial charge is 0.378 e. The third-order valence-corrected chi connectivity index (χ3v) is 9.89. The molecular formula is C29H31ClN6O6S2. The molecule has 0 aliphatic carbocycles. The minimum atomic E-state index is -3.65. The maximum Gasteiger partial charge on any atom is 0.270 e. The molecule has 0 saturated carbocycles. The highest BCUT2D eigenvalue weighted by Gasteiger charge is 2.30. The molecule has 0 radical (unpaired) electrons. The van der Waals surface area contributed by atoms with Crippen LogP contribution in [-0.4, -0.2) is 81.1 Å². The molecule has 0 unspecified atom stereocenters. The number of carbonyl (C=O) groups is 1. The number of nitrogens with zero attached hydrogens (tertiary/aromatic N) is 4. The summed E-state index contributed by atoms with van der Waals surface area (Å²) >= 11 is 12.1. The van der Waals surface area contributed by atoms with Crippen LogP contribution >= 0.6 is 23.8 Å². The van der Waals surface area contributed by atoms with Gasteiger partial charge in [0.15, 0.2) is 5.11 Å². The highest BCUT2D eigenvalue weighted by Crippen LogP contribution is 2.35. The molecule has 15 heteroatoms. The lowest BCUT2D eigenvalue weighted by Crippen LogP contribution is -2.49. The van der Waals surface area contributed by atoms with Crippen LogP contribution in [0.2, 0.25) is 5.02 Å². The van der Waals surface area contributed by atoms with E-state index in [-0.39, 0.29) is 34.3 Å². The van der Waals surface area contributed by atoms with Crippen LogP contribution in [0.4, 0.5) is 22.7 Å². The number of ether oxygens (including phenoxy) is 1. The fraction of sp³-hybridized carbons (Fsp3) is 0.310. The van der Waals surface area contributed by atoms with Crippen LogP contribution in [0.15, 0.2) is 65.6 Å². The van der Waals surface area contributed by atoms with E-state index in [2.05, 4.69) is 10.6 Å². The summed E-state index contributed by atoms with van der Waals surface area (Å²) in [5, 5.41) is 17.5. The lowest BCUT2D eigenvalue weighted by Gasteiger charge is -2.36. The molecule has 0 atom stereocenters. The molecule has 0 bridgehead atoms. The molecule has 2 fully saturated rings. The highest BCUT2D eigenvalue weighted by atomic mass is 35.5. The Labute approximate surface area is 265 Å². The second kappa shape index (κ2) is 13.4. The van der Waals surface area contributed by atoms with Gasteiger partial charge in [-0.15, -0.1) is 0 Å². The van der Waals surface area contributed by atoms with Crippen LogP contribution in [0, 0.1) is 17.0 Å². The molecule has 0 spiro atoms. The fourth-order valence-corrected chi connectivity index (χ4v) is 7.09. The van der Waals surface area contributed by atoms with Gasteiger partial charge in [-0.2, -0.15) is 4.31 Å². The zero-order chi connectivity index (χ0) is 31.4. The van der Waals surface area contributed by atoms with E-state index in [0.29, 0.717) is 61.5 Å². The number of morpholine rings is 1. The lowest BCUT2D eigenvalue weighted by atomic mass is 10.1. The molecule has 0 aromatic heterocycles. The summed E-state index contributed by atoms with van der Waals surface area (Å²) in [5.74, 6) is -0.605. The molecule has 44 heavy (non-hydrogen) atoms. The first-order valence-electron chi connectivity index (χ1n) is 13.9. The number of nitro groups is 1. The molecule has 2 saturated heterocycles. The number of thiocarbonyl (C=S) groups is 1. The Morgan fingerprint density at radius 1 is 0.977 bits per heavy atom. The molecule has 2 aliphatic rings. The predicted octanol–water partition coefficient (Wildman–Crippen LogP) is 4.03. The summed E-state index contributed by atoms with van der Waals surface area (Å²) in [6, 6.07) is 16.1. The third-order valence-electron chi connectivity index (χ3n) is 7.46. The number of halogens is 1. The number of aryl methyl sites for hydroxylation is 1. The van der Waals surface area contributed by atoms with Gasteiger partial charge in [0.05, 0.1) is 50.7 Å². The van der Waals surface area contributed by atoms with Gasteiger partial charge < -0.3 is 19.9 Å². The molecular weight excluding hydrogens is 628 g/mol. The van der Waals surface area contributed by atoms with Crippen LogP contribution < -0.4 is 20.4 Å². The number of piperazine rings is 1. The topological polar surface area (TPSA) is 137 Å². The molecule has 12 nitrogen and oxygen atoms in total. The van der Waals surface area contributed by atoms with E-state index >= 15 is 0 Å². The van der Waals surface area contributed by atoms with Crippen LogP contribution in [0.3, 0.4) is 0 Å². The summed E-state index contributed by atoms with van der Waals surface area (Å²) in [5.41, 5.74) is 2.55. The second-order valence-corrected chi connectivity index (χ2v) is 13.1. The van der Waals surface area contributed by atoms with Crippen LogP contribution in [0.25, 0.3) is 0 Å². The van der Waals surface area contributed by atoms with Crippen LogP contribution in [0.5, 0.6) is 0 Å². The first-order valence-corrected chi connectivity index (χ1v) is 16.1. The van der Waals surface area contributed by atoms with Gasteiger partial charge in [-0.3, -0.25) is 20.2 Å². The smallest absolute Gasteiger partial charge is 0.270 e. The van der Waals surface area contributed by atoms with Gasteiger partial charge in [0.25, 0.3) is 11.6 Å². The standard InChI is InChI=1S/C29H31ClN6O6S2/c1-20-5-8-22(9-6-20)44(40,41)35-13-11-34(12-14-35)27-24(30)3-2-4-25(27)31-29(43)32-28(37)23-19-21(36(38)39)7-10-26(23)33-15-17-42-18-16-33/h2-10,19H,11-18H2,1H3,(H2,31,32,37,43). The van der Waals surface area contributed by atoms with E-state index in [9.17, 15) is 23.3 Å². The molecule has 5 rings (SSSR count). The Balaban J connectivity index is 1.30. The SMILES string of the molecule is Cc1ccc(S(=O)(=O)N2CCN(c3c(Cl)cccc3NC(=S)NC(=O)c3cc([N+](=O)[O-])ccc3N3CCOCC3)CC2)cc1. The van der Waals surface area contributed by atoms with Gasteiger partial charge >= 0.3 is 0 Å². The number of benzene rings is 3. The zero-order valence-corrected chi connectivity index (χ0v) is 26.3. The summed E-state index contributed by atoms with van der Waals surface area (Å²) in [6.45, 7) is 5.16. The average Bonchev–Trinajstić information content (AvgIpc) is 3.01. The van der Waals surface area contributed by atoms with E-state index in [4.69, 9.17) is 28.6 Å². The minimum Gasteiger partial charge on any atom is -0.378 e. The number of amides is 1. The number of rotatable bonds is 7. The van der Waals surface area contributed by atoms with Gasteiger partial charge in [0.2, 0.25) is 10.0 Å². The number of sulfonamides is 1. The van der Waals surface area contributed by atoms with Crippen LogP contribution in [-0.2, 0) is 14.8 Å². The van der Waals surface area contributed by atoms with Crippen LogP contribution in [0.1, 0.15) is 15.9 Å². The lowest BCUT2D eigenvalue weighted by molar-refractivity contribution is -0.384. The van der Waals surface area contributed by atoms with Crippen molar-refractivity contribution in [2.45, 2.75) is 11.8 Å². The number of non-ortho nitro benzene ring substituents is 1. The Kier molecular flexibility index (Phi) is 9.65. The quantitative estimate of drug-likeness (QED) is 0.217. The molecule has 2 N–H and O–H groups in total. The van der Waals surface area contributed by atoms with E-state index in [1.54, 1.807) is 48.5 Å². The van der Waals surface area contributed by atoms with Gasteiger partial charge in [-0.05, 0) is 49.5 Å². The summed E-state index contributed by atoms with van der Waals surface area (Å²) < 4.78 is 33.2. The summed E-state index contributed by atoms with van der Waals surface area (Å²) in [6.07, 6.45) is 0. The fourth-order valence-electron chi connectivity index (χ4n) is 5.17. The molecule has 232 valence electrons. The molecule has 2 heterocycles. The van der Waals surface area contributed by atoms with Gasteiger partial charge in [-0.25, -0.2) is 8.42 Å². The van der Waals surface area contributed by atoms with Gasteiger partial charge in [0, 0.05) is 51.4 Å². The maximum atomic E-state index is 13.4. The van der Waals surface area contributed by atoms with E-state index in [1.165, 1.54) is 16.4 Å². The average molecular weight is 659 g/mol.